The molecule has 18 heavy (non-hydrogen) atoms. The number of nitrogens with two attached hydrogens (primary N) is 1. The number of pyridine rings is 1. The van der Waals surface area contributed by atoms with Crippen molar-refractivity contribution < 1.29 is 0 Å². The topological polar surface area (TPSA) is 74.7 Å². The number of nitrogens with one attached hydrogen (secondary N) is 1. The Morgan fingerprint density at radius 3 is 2.89 bits per heavy atom. The zero-order valence-electron chi connectivity index (χ0n) is 10.1. The molecule has 1 heterocycles. The van der Waals surface area contributed by atoms with Gasteiger partial charge in [-0.2, -0.15) is 5.26 Å². The second-order valence-corrected chi connectivity index (χ2v) is 4.07. The number of aromatic nitrogens is 1. The maximum Gasteiger partial charge on any atom is 0.101 e. The Morgan fingerprint density at radius 1 is 1.39 bits per heavy atom. The fourth-order valence-corrected chi connectivity index (χ4v) is 1.71. The number of benzene rings is 1. The number of nitriles is 1. The average molecular weight is 238 g/mol. The third-order valence-electron chi connectivity index (χ3n) is 2.74. The highest BCUT2D eigenvalue weighted by Gasteiger charge is 2.06. The molecule has 1 unspecified atom stereocenters. The summed E-state index contributed by atoms with van der Waals surface area (Å²) in [5.41, 5.74) is 8.63. The minimum absolute atomic E-state index is 0.119. The summed E-state index contributed by atoms with van der Waals surface area (Å²) in [7, 11) is 0. The summed E-state index contributed by atoms with van der Waals surface area (Å²) in [6.07, 6.45) is 3.56. The number of anilines is 2. The lowest BCUT2D eigenvalue weighted by Gasteiger charge is -2.15. The van der Waals surface area contributed by atoms with Crippen molar-refractivity contribution in [1.82, 2.24) is 4.98 Å². The standard InChI is InChI=1S/C14H14N4/c1-10(11-3-2-6-17-9-11)18-13-4-5-14(16)12(7-13)8-15/h2-7,9-10,18H,16H2,1H3. The van der Waals surface area contributed by atoms with Gasteiger partial charge >= 0.3 is 0 Å². The molecule has 1 aromatic carbocycles. The molecule has 2 rings (SSSR count). The Hall–Kier alpha value is -2.54. The van der Waals surface area contributed by atoms with E-state index in [-0.39, 0.29) is 6.04 Å². The van der Waals surface area contributed by atoms with E-state index in [0.29, 0.717) is 11.3 Å². The van der Waals surface area contributed by atoms with Crippen LogP contribution < -0.4 is 11.1 Å². The van der Waals surface area contributed by atoms with Gasteiger partial charge in [0.2, 0.25) is 0 Å². The molecule has 90 valence electrons. The van der Waals surface area contributed by atoms with Gasteiger partial charge in [0, 0.05) is 23.8 Å². The molecular weight excluding hydrogens is 224 g/mol. The van der Waals surface area contributed by atoms with Crippen LogP contribution in [0.3, 0.4) is 0 Å². The van der Waals surface area contributed by atoms with Crippen molar-refractivity contribution in [3.63, 3.8) is 0 Å². The maximum absolute atomic E-state index is 8.93. The van der Waals surface area contributed by atoms with Crippen LogP contribution in [0.1, 0.15) is 24.1 Å². The van der Waals surface area contributed by atoms with Gasteiger partial charge in [-0.3, -0.25) is 4.98 Å². The van der Waals surface area contributed by atoms with Crippen molar-refractivity contribution in [3.8, 4) is 6.07 Å². The van der Waals surface area contributed by atoms with E-state index in [2.05, 4.69) is 16.4 Å². The molecule has 0 saturated carbocycles. The van der Waals surface area contributed by atoms with E-state index in [1.54, 1.807) is 18.3 Å². The monoisotopic (exact) mass is 238 g/mol. The Balaban J connectivity index is 2.18. The van der Waals surface area contributed by atoms with E-state index < -0.39 is 0 Å². The van der Waals surface area contributed by atoms with E-state index in [1.165, 1.54) is 0 Å². The van der Waals surface area contributed by atoms with Gasteiger partial charge in [-0.25, -0.2) is 0 Å². The first-order valence-electron chi connectivity index (χ1n) is 5.67. The van der Waals surface area contributed by atoms with Gasteiger partial charge in [0.1, 0.15) is 6.07 Å². The highest BCUT2D eigenvalue weighted by atomic mass is 14.9. The zero-order chi connectivity index (χ0) is 13.0. The van der Waals surface area contributed by atoms with Crippen LogP contribution in [0.25, 0.3) is 0 Å². The smallest absolute Gasteiger partial charge is 0.101 e. The quantitative estimate of drug-likeness (QED) is 0.806. The van der Waals surface area contributed by atoms with E-state index in [1.807, 2.05) is 31.3 Å². The lowest BCUT2D eigenvalue weighted by molar-refractivity contribution is 0.876. The molecule has 0 radical (unpaired) electrons. The lowest BCUT2D eigenvalue weighted by Crippen LogP contribution is -2.07. The van der Waals surface area contributed by atoms with Gasteiger partial charge < -0.3 is 11.1 Å². The number of nitrogen functional groups attached to an aromatic ring is 1. The molecule has 4 heteroatoms. The summed E-state index contributed by atoms with van der Waals surface area (Å²) < 4.78 is 0. The van der Waals surface area contributed by atoms with Gasteiger partial charge in [-0.05, 0) is 36.8 Å². The normalized spacial score (nSPS) is 11.6. The van der Waals surface area contributed by atoms with Gasteiger partial charge in [-0.1, -0.05) is 6.07 Å². The summed E-state index contributed by atoms with van der Waals surface area (Å²) in [5, 5.41) is 12.2. The van der Waals surface area contributed by atoms with Crippen LogP contribution in [0.15, 0.2) is 42.7 Å². The summed E-state index contributed by atoms with van der Waals surface area (Å²) in [6.45, 7) is 2.04. The molecule has 3 N–H and O–H groups in total. The second-order valence-electron chi connectivity index (χ2n) is 4.07. The van der Waals surface area contributed by atoms with Crippen LogP contribution in [0.2, 0.25) is 0 Å². The molecule has 0 aliphatic rings. The first kappa shape index (κ1) is 11.9. The van der Waals surface area contributed by atoms with Crippen LogP contribution in [0, 0.1) is 11.3 Å². The van der Waals surface area contributed by atoms with E-state index in [9.17, 15) is 0 Å². The summed E-state index contributed by atoms with van der Waals surface area (Å²) >= 11 is 0. The highest BCUT2D eigenvalue weighted by molar-refractivity contribution is 5.62. The van der Waals surface area contributed by atoms with Crippen molar-refractivity contribution in [2.24, 2.45) is 0 Å². The van der Waals surface area contributed by atoms with Crippen molar-refractivity contribution >= 4 is 11.4 Å². The van der Waals surface area contributed by atoms with E-state index >= 15 is 0 Å². The second kappa shape index (κ2) is 5.19. The Bertz CT molecular complexity index is 572. The minimum Gasteiger partial charge on any atom is -0.398 e. The molecule has 4 nitrogen and oxygen atoms in total. The fraction of sp³-hybridized carbons (Fsp3) is 0.143. The van der Waals surface area contributed by atoms with Crippen LogP contribution in [0.4, 0.5) is 11.4 Å². The maximum atomic E-state index is 8.93. The highest BCUT2D eigenvalue weighted by Crippen LogP contribution is 2.21. The Kier molecular flexibility index (Phi) is 3.44. The molecular formula is C14H14N4. The molecule has 1 atom stereocenters. The predicted octanol–water partition coefficient (Wildman–Crippen LogP) is 2.71. The van der Waals surface area contributed by atoms with E-state index in [4.69, 9.17) is 11.0 Å². The fourth-order valence-electron chi connectivity index (χ4n) is 1.71. The molecule has 0 fully saturated rings. The van der Waals surface area contributed by atoms with Crippen molar-refractivity contribution in [3.05, 3.63) is 53.9 Å². The van der Waals surface area contributed by atoms with Crippen molar-refractivity contribution in [1.29, 1.82) is 5.26 Å². The lowest BCUT2D eigenvalue weighted by atomic mass is 10.1. The molecule has 0 aliphatic heterocycles. The molecule has 2 aromatic rings. The third kappa shape index (κ3) is 2.58. The van der Waals surface area contributed by atoms with Gasteiger partial charge in [0.05, 0.1) is 11.6 Å². The Morgan fingerprint density at radius 2 is 2.22 bits per heavy atom. The van der Waals surface area contributed by atoms with E-state index in [0.717, 1.165) is 11.3 Å². The van der Waals surface area contributed by atoms with Crippen LogP contribution in [0.5, 0.6) is 0 Å². The first-order chi connectivity index (χ1) is 8.70. The van der Waals surface area contributed by atoms with Crippen LogP contribution >= 0.6 is 0 Å². The largest absolute Gasteiger partial charge is 0.398 e. The number of hydrogen-bond donors (Lipinski definition) is 2. The molecule has 0 bridgehead atoms. The van der Waals surface area contributed by atoms with Crippen molar-refractivity contribution in [2.75, 3.05) is 11.1 Å². The minimum atomic E-state index is 0.119. The number of nitrogens with zero attached hydrogens (tertiary/aromatic N) is 2. The zero-order valence-corrected chi connectivity index (χ0v) is 10.1. The molecule has 0 saturated heterocycles. The predicted molar refractivity (Wildman–Crippen MR) is 71.8 cm³/mol. The first-order valence-corrected chi connectivity index (χ1v) is 5.67. The average Bonchev–Trinajstić information content (AvgIpc) is 2.42. The SMILES string of the molecule is CC(Nc1ccc(N)c(C#N)c1)c1cccnc1. The molecule has 0 aliphatic carbocycles. The summed E-state index contributed by atoms with van der Waals surface area (Å²) in [6, 6.07) is 11.4. The summed E-state index contributed by atoms with van der Waals surface area (Å²) in [4.78, 5) is 4.08. The van der Waals surface area contributed by atoms with Gasteiger partial charge in [-0.15, -0.1) is 0 Å². The third-order valence-corrected chi connectivity index (χ3v) is 2.74. The van der Waals surface area contributed by atoms with Crippen LogP contribution in [-0.2, 0) is 0 Å². The number of rotatable bonds is 3. The van der Waals surface area contributed by atoms with Crippen molar-refractivity contribution in [2.45, 2.75) is 13.0 Å². The molecule has 0 amide bonds. The van der Waals surface area contributed by atoms with Gasteiger partial charge in [0.15, 0.2) is 0 Å². The van der Waals surface area contributed by atoms with Crippen LogP contribution in [-0.4, -0.2) is 4.98 Å². The number of hydrogen-bond acceptors (Lipinski definition) is 4. The van der Waals surface area contributed by atoms with Gasteiger partial charge in [0.25, 0.3) is 0 Å². The molecule has 1 aromatic heterocycles. The Labute approximate surface area is 106 Å². The summed E-state index contributed by atoms with van der Waals surface area (Å²) in [5.74, 6) is 0. The molecule has 0 spiro atoms.